The van der Waals surface area contributed by atoms with Crippen LogP contribution < -0.4 is 10.2 Å². The molecule has 0 unspecified atom stereocenters. The zero-order chi connectivity index (χ0) is 30.0. The number of fused-ring (bicyclic) bond motifs is 3. The van der Waals surface area contributed by atoms with Gasteiger partial charge in [-0.1, -0.05) is 25.7 Å². The molecule has 0 spiro atoms. The van der Waals surface area contributed by atoms with Crippen LogP contribution in [0.2, 0.25) is 0 Å². The molecule has 5 N–H and O–H groups in total. The Kier molecular flexibility index (Phi) is 7.44. The standard InChI is InChI=1S/C31H41N3O7/c1-32-30(40)23-27(37)24(34(4)5)19-13-17-12-18-20(33(2)3)14-16(11-10-15-8-6-7-9-15)25(35)22(18)26(36)21(17)28(38)31(19,41)29(23)39/h14-15,17,19,24,35-36,39,41H,6-13H2,1-5H3,(H,32,40)/t17-,19-,24-,31-/m0/s1. The average Bonchev–Trinajstić information content (AvgIpc) is 3.43. The van der Waals surface area contributed by atoms with Crippen LogP contribution in [0.25, 0.3) is 5.76 Å². The van der Waals surface area contributed by atoms with Crippen molar-refractivity contribution in [1.82, 2.24) is 10.2 Å². The molecule has 222 valence electrons. The first kappa shape index (κ1) is 29.1. The molecule has 0 aromatic heterocycles. The first-order valence-electron chi connectivity index (χ1n) is 14.5. The SMILES string of the molecule is CNC(=O)C1=C(O)[C@@]2(O)C(=O)C3=C(O)c4c(O)c(CCC5CCCC5)cc(N(C)C)c4C[C@H]3C[C@H]2[C@H](N(C)C)C1=O. The number of ketones is 2. The number of hydrogen-bond donors (Lipinski definition) is 5. The Morgan fingerprint density at radius 2 is 1.76 bits per heavy atom. The number of phenols is 1. The van der Waals surface area contributed by atoms with Crippen molar-refractivity contribution in [1.29, 1.82) is 0 Å². The molecular weight excluding hydrogens is 526 g/mol. The van der Waals surface area contributed by atoms with Gasteiger partial charge in [-0.15, -0.1) is 0 Å². The van der Waals surface area contributed by atoms with Gasteiger partial charge in [0.2, 0.25) is 5.78 Å². The summed E-state index contributed by atoms with van der Waals surface area (Å²) >= 11 is 0. The van der Waals surface area contributed by atoms with Crippen LogP contribution in [0.4, 0.5) is 5.69 Å². The van der Waals surface area contributed by atoms with E-state index in [9.17, 15) is 34.8 Å². The smallest absolute Gasteiger partial charge is 0.258 e. The lowest BCUT2D eigenvalue weighted by Crippen LogP contribution is -2.65. The number of hydrogen-bond acceptors (Lipinski definition) is 9. The number of Topliss-reactive ketones (excluding diaryl/α,β-unsaturated/α-hetero) is 2. The number of aliphatic hydroxyl groups excluding tert-OH is 2. The number of nitrogens with one attached hydrogen (secondary N) is 1. The summed E-state index contributed by atoms with van der Waals surface area (Å²) in [5.74, 6) is -5.09. The molecule has 1 aromatic carbocycles. The van der Waals surface area contributed by atoms with Gasteiger partial charge in [-0.2, -0.15) is 0 Å². The third kappa shape index (κ3) is 4.34. The molecule has 10 nitrogen and oxygen atoms in total. The van der Waals surface area contributed by atoms with Gasteiger partial charge in [0.05, 0.1) is 11.6 Å². The van der Waals surface area contributed by atoms with Crippen LogP contribution in [0.5, 0.6) is 5.75 Å². The van der Waals surface area contributed by atoms with Gasteiger partial charge in [-0.05, 0) is 68.8 Å². The molecule has 10 heteroatoms. The van der Waals surface area contributed by atoms with E-state index in [2.05, 4.69) is 5.32 Å². The third-order valence-corrected chi connectivity index (χ3v) is 9.76. The highest BCUT2D eigenvalue weighted by molar-refractivity contribution is 6.25. The molecule has 1 amide bonds. The Hall–Kier alpha value is -3.37. The predicted molar refractivity (Wildman–Crippen MR) is 154 cm³/mol. The number of likely N-dealkylation sites (N-methyl/N-ethyl adjacent to an activating group) is 2. The lowest BCUT2D eigenvalue weighted by molar-refractivity contribution is -0.153. The van der Waals surface area contributed by atoms with Gasteiger partial charge in [-0.25, -0.2) is 0 Å². The minimum Gasteiger partial charge on any atom is -0.508 e. The highest BCUT2D eigenvalue weighted by Crippen LogP contribution is 2.54. The number of phenolic OH excluding ortho intramolecular Hbond substituents is 1. The maximum atomic E-state index is 14.2. The summed E-state index contributed by atoms with van der Waals surface area (Å²) in [7, 11) is 8.30. The molecule has 0 saturated heterocycles. The molecular formula is C31H41N3O7. The summed E-state index contributed by atoms with van der Waals surface area (Å²) in [6.07, 6.45) is 6.70. The number of nitrogens with zero attached hydrogens (tertiary/aromatic N) is 2. The fourth-order valence-electron chi connectivity index (χ4n) is 7.70. The normalized spacial score (nSPS) is 28.1. The van der Waals surface area contributed by atoms with E-state index in [0.717, 1.165) is 12.1 Å². The number of aromatic hydroxyl groups is 1. The van der Waals surface area contributed by atoms with Crippen molar-refractivity contribution < 1.29 is 34.8 Å². The second-order valence-electron chi connectivity index (χ2n) is 12.5. The molecule has 2 saturated carbocycles. The number of amides is 1. The topological polar surface area (TPSA) is 151 Å². The zero-order valence-corrected chi connectivity index (χ0v) is 24.5. The van der Waals surface area contributed by atoms with Crippen molar-refractivity contribution in [3.63, 3.8) is 0 Å². The summed E-state index contributed by atoms with van der Waals surface area (Å²) in [4.78, 5) is 43.7. The van der Waals surface area contributed by atoms with Crippen molar-refractivity contribution in [3.05, 3.63) is 39.7 Å². The summed E-state index contributed by atoms with van der Waals surface area (Å²) in [6.45, 7) is 0. The number of rotatable bonds is 6. The number of anilines is 1. The summed E-state index contributed by atoms with van der Waals surface area (Å²) < 4.78 is 0. The van der Waals surface area contributed by atoms with Crippen molar-refractivity contribution in [2.75, 3.05) is 40.1 Å². The molecule has 1 aromatic rings. The maximum Gasteiger partial charge on any atom is 0.258 e. The van der Waals surface area contributed by atoms with Gasteiger partial charge in [0.1, 0.15) is 22.8 Å². The highest BCUT2D eigenvalue weighted by atomic mass is 16.3. The second kappa shape index (κ2) is 10.5. The zero-order valence-electron chi connectivity index (χ0n) is 24.5. The quantitative estimate of drug-likeness (QED) is 0.327. The lowest BCUT2D eigenvalue weighted by Gasteiger charge is -2.50. The molecule has 4 atom stereocenters. The molecule has 4 aliphatic carbocycles. The Balaban J connectivity index is 1.67. The Morgan fingerprint density at radius 1 is 1.10 bits per heavy atom. The third-order valence-electron chi connectivity index (χ3n) is 9.76. The average molecular weight is 568 g/mol. The van der Waals surface area contributed by atoms with Crippen LogP contribution in [-0.2, 0) is 27.2 Å². The summed E-state index contributed by atoms with van der Waals surface area (Å²) in [6, 6.07) is 0.899. The van der Waals surface area contributed by atoms with E-state index in [1.165, 1.54) is 32.7 Å². The molecule has 4 aliphatic rings. The van der Waals surface area contributed by atoms with Gasteiger partial charge in [0.15, 0.2) is 11.4 Å². The fourth-order valence-corrected chi connectivity index (χ4v) is 7.70. The van der Waals surface area contributed by atoms with E-state index in [-0.39, 0.29) is 29.7 Å². The van der Waals surface area contributed by atoms with Crippen LogP contribution in [0, 0.1) is 17.8 Å². The summed E-state index contributed by atoms with van der Waals surface area (Å²) in [5.41, 5.74) is -0.987. The van der Waals surface area contributed by atoms with Crippen molar-refractivity contribution in [2.45, 2.75) is 63.0 Å². The van der Waals surface area contributed by atoms with Crippen molar-refractivity contribution in [3.8, 4) is 5.75 Å². The number of aliphatic hydroxyl groups is 3. The number of benzene rings is 1. The van der Waals surface area contributed by atoms with Gasteiger partial charge in [0.25, 0.3) is 5.91 Å². The van der Waals surface area contributed by atoms with Gasteiger partial charge in [0, 0.05) is 38.3 Å². The fraction of sp³-hybridized carbons (Fsp3) is 0.581. The number of carbonyl (C=O) groups is 3. The van der Waals surface area contributed by atoms with Crippen LogP contribution in [0.15, 0.2) is 23.0 Å². The highest BCUT2D eigenvalue weighted by Gasteiger charge is 2.64. The Bertz CT molecular complexity index is 1370. The Labute approximate surface area is 240 Å². The van der Waals surface area contributed by atoms with Crippen LogP contribution in [0.1, 0.15) is 55.2 Å². The molecule has 0 aliphatic heterocycles. The molecule has 0 bridgehead atoms. The van der Waals surface area contributed by atoms with Gasteiger partial charge >= 0.3 is 0 Å². The van der Waals surface area contributed by atoms with E-state index < -0.39 is 58.0 Å². The first-order valence-corrected chi connectivity index (χ1v) is 14.5. The van der Waals surface area contributed by atoms with Crippen molar-refractivity contribution >= 4 is 28.9 Å². The Morgan fingerprint density at radius 3 is 2.34 bits per heavy atom. The predicted octanol–water partition coefficient (Wildman–Crippen LogP) is 2.41. The van der Waals surface area contributed by atoms with E-state index in [1.807, 2.05) is 25.1 Å². The van der Waals surface area contributed by atoms with E-state index in [0.29, 0.717) is 23.5 Å². The van der Waals surface area contributed by atoms with Crippen molar-refractivity contribution in [2.24, 2.45) is 17.8 Å². The molecule has 0 heterocycles. The van der Waals surface area contributed by atoms with E-state index >= 15 is 0 Å². The number of aryl methyl sites for hydroxylation is 1. The largest absolute Gasteiger partial charge is 0.508 e. The van der Waals surface area contributed by atoms with Gasteiger partial charge < -0.3 is 30.6 Å². The van der Waals surface area contributed by atoms with Crippen LogP contribution in [0.3, 0.4) is 0 Å². The van der Waals surface area contributed by atoms with Crippen LogP contribution in [-0.4, -0.2) is 89.7 Å². The number of carbonyl (C=O) groups excluding carboxylic acids is 3. The van der Waals surface area contributed by atoms with Crippen LogP contribution >= 0.6 is 0 Å². The second-order valence-corrected chi connectivity index (χ2v) is 12.5. The molecule has 2 fully saturated rings. The van der Waals surface area contributed by atoms with E-state index in [4.69, 9.17) is 0 Å². The monoisotopic (exact) mass is 567 g/mol. The lowest BCUT2D eigenvalue weighted by atomic mass is 9.57. The minimum atomic E-state index is -2.60. The molecule has 0 radical (unpaired) electrons. The molecule has 41 heavy (non-hydrogen) atoms. The first-order chi connectivity index (χ1) is 19.3. The maximum absolute atomic E-state index is 14.2. The summed E-state index contributed by atoms with van der Waals surface area (Å²) in [5, 5.41) is 48.5. The van der Waals surface area contributed by atoms with E-state index in [1.54, 1.807) is 19.0 Å². The molecule has 5 rings (SSSR count). The minimum absolute atomic E-state index is 0.0789. The van der Waals surface area contributed by atoms with Gasteiger partial charge in [-0.3, -0.25) is 19.3 Å².